The van der Waals surface area contributed by atoms with E-state index < -0.39 is 0 Å². The molecule has 2 atom stereocenters. The Kier molecular flexibility index (Phi) is 5.84. The van der Waals surface area contributed by atoms with Crippen LogP contribution < -0.4 is 5.32 Å². The number of ether oxygens (including phenoxy) is 1. The van der Waals surface area contributed by atoms with Crippen molar-refractivity contribution in [2.45, 2.75) is 76.5 Å². The zero-order chi connectivity index (χ0) is 12.8. The van der Waals surface area contributed by atoms with E-state index in [9.17, 15) is 0 Å². The summed E-state index contributed by atoms with van der Waals surface area (Å²) in [7, 11) is 0. The highest BCUT2D eigenvalue weighted by Gasteiger charge is 2.38. The Labute approximate surface area is 117 Å². The Bertz CT molecular complexity index is 235. The molecule has 2 saturated heterocycles. The van der Waals surface area contributed by atoms with Crippen LogP contribution in [0.4, 0.5) is 0 Å². The number of nitrogens with one attached hydrogen (secondary N) is 1. The van der Waals surface area contributed by atoms with E-state index in [2.05, 4.69) is 30.9 Å². The van der Waals surface area contributed by atoms with E-state index in [1.54, 1.807) is 0 Å². The fourth-order valence-electron chi connectivity index (χ4n) is 3.35. The third-order valence-corrected chi connectivity index (χ3v) is 5.48. The summed E-state index contributed by atoms with van der Waals surface area (Å²) in [5.41, 5.74) is 0.228. The van der Waals surface area contributed by atoms with Crippen molar-refractivity contribution in [2.75, 3.05) is 18.1 Å². The molecule has 0 amide bonds. The van der Waals surface area contributed by atoms with Gasteiger partial charge in [-0.05, 0) is 50.0 Å². The summed E-state index contributed by atoms with van der Waals surface area (Å²) in [5, 5.41) is 3.89. The second-order valence-electron chi connectivity index (χ2n) is 5.89. The largest absolute Gasteiger partial charge is 0.375 e. The molecule has 0 aliphatic carbocycles. The minimum atomic E-state index is 0.228. The molecule has 3 heteroatoms. The summed E-state index contributed by atoms with van der Waals surface area (Å²) in [6.07, 6.45) is 8.84. The van der Waals surface area contributed by atoms with Crippen molar-refractivity contribution in [1.29, 1.82) is 0 Å². The topological polar surface area (TPSA) is 21.3 Å². The Hall–Kier alpha value is 0.270. The van der Waals surface area contributed by atoms with E-state index >= 15 is 0 Å². The van der Waals surface area contributed by atoms with Gasteiger partial charge in [-0.25, -0.2) is 0 Å². The molecule has 0 aromatic rings. The van der Waals surface area contributed by atoms with Crippen LogP contribution in [0.25, 0.3) is 0 Å². The Morgan fingerprint density at radius 3 is 2.78 bits per heavy atom. The van der Waals surface area contributed by atoms with Crippen LogP contribution in [0.15, 0.2) is 0 Å². The highest BCUT2D eigenvalue weighted by Crippen LogP contribution is 2.37. The first-order valence-electron chi connectivity index (χ1n) is 7.76. The highest BCUT2D eigenvalue weighted by atomic mass is 32.2. The van der Waals surface area contributed by atoms with Crippen LogP contribution in [-0.4, -0.2) is 35.8 Å². The third-order valence-electron chi connectivity index (χ3n) is 4.50. The van der Waals surface area contributed by atoms with Crippen molar-refractivity contribution in [3.05, 3.63) is 0 Å². The summed E-state index contributed by atoms with van der Waals surface area (Å²) >= 11 is 2.09. The predicted molar refractivity (Wildman–Crippen MR) is 80.4 cm³/mol. The van der Waals surface area contributed by atoms with Crippen molar-refractivity contribution in [2.24, 2.45) is 0 Å². The number of thioether (sulfide) groups is 1. The molecule has 0 aromatic heterocycles. The lowest BCUT2D eigenvalue weighted by Gasteiger charge is -2.44. The number of hydrogen-bond donors (Lipinski definition) is 1. The van der Waals surface area contributed by atoms with Crippen molar-refractivity contribution in [3.8, 4) is 0 Å². The van der Waals surface area contributed by atoms with Gasteiger partial charge in [0.15, 0.2) is 0 Å². The summed E-state index contributed by atoms with van der Waals surface area (Å²) in [6.45, 7) is 5.55. The summed E-state index contributed by atoms with van der Waals surface area (Å²) in [6, 6.07) is 1.41. The van der Waals surface area contributed by atoms with Crippen LogP contribution in [0.3, 0.4) is 0 Å². The van der Waals surface area contributed by atoms with E-state index in [0.717, 1.165) is 6.61 Å². The van der Waals surface area contributed by atoms with Crippen LogP contribution in [0, 0.1) is 0 Å². The molecule has 2 nitrogen and oxygen atoms in total. The first-order valence-corrected chi connectivity index (χ1v) is 8.91. The van der Waals surface area contributed by atoms with Crippen LogP contribution in [-0.2, 0) is 4.74 Å². The average Bonchev–Trinajstić information content (AvgIpc) is 2.39. The quantitative estimate of drug-likeness (QED) is 0.825. The molecule has 0 aromatic carbocycles. The second kappa shape index (κ2) is 7.16. The molecule has 2 unspecified atom stereocenters. The molecule has 2 fully saturated rings. The van der Waals surface area contributed by atoms with Gasteiger partial charge in [-0.3, -0.25) is 0 Å². The van der Waals surface area contributed by atoms with Crippen LogP contribution in [0.5, 0.6) is 0 Å². The van der Waals surface area contributed by atoms with Crippen molar-refractivity contribution < 1.29 is 4.74 Å². The Morgan fingerprint density at radius 2 is 2.11 bits per heavy atom. The van der Waals surface area contributed by atoms with Crippen LogP contribution >= 0.6 is 11.8 Å². The molecule has 2 heterocycles. The standard InChI is InChI=1S/C15H29NOS/c1-3-5-13(4-2)16-14-6-9-17-15(12-14)7-10-18-11-8-15/h13-14,16H,3-12H2,1-2H3. The predicted octanol–water partition coefficient (Wildman–Crippen LogP) is 3.60. The lowest BCUT2D eigenvalue weighted by molar-refractivity contribution is -0.0943. The van der Waals surface area contributed by atoms with Crippen molar-refractivity contribution >= 4 is 11.8 Å². The third kappa shape index (κ3) is 3.88. The van der Waals surface area contributed by atoms with Crippen LogP contribution in [0.1, 0.15) is 58.8 Å². The first-order chi connectivity index (χ1) is 8.78. The fourth-order valence-corrected chi connectivity index (χ4v) is 4.59. The lowest BCUT2D eigenvalue weighted by Crippen LogP contribution is -2.51. The van der Waals surface area contributed by atoms with Gasteiger partial charge in [-0.1, -0.05) is 20.3 Å². The molecule has 18 heavy (non-hydrogen) atoms. The molecular formula is C15H29NOS. The second-order valence-corrected chi connectivity index (χ2v) is 7.12. The molecule has 2 aliphatic heterocycles. The smallest absolute Gasteiger partial charge is 0.0713 e. The molecular weight excluding hydrogens is 242 g/mol. The molecule has 0 saturated carbocycles. The van der Waals surface area contributed by atoms with Gasteiger partial charge < -0.3 is 10.1 Å². The maximum absolute atomic E-state index is 6.16. The van der Waals surface area contributed by atoms with E-state index in [1.807, 2.05) is 0 Å². The SMILES string of the molecule is CCCC(CC)NC1CCOC2(CCSCC2)C1. The maximum atomic E-state index is 6.16. The zero-order valence-electron chi connectivity index (χ0n) is 12.0. The Balaban J connectivity index is 1.85. The molecule has 106 valence electrons. The van der Waals surface area contributed by atoms with Gasteiger partial charge in [0.2, 0.25) is 0 Å². The molecule has 1 spiro atoms. The monoisotopic (exact) mass is 271 g/mol. The lowest BCUT2D eigenvalue weighted by atomic mass is 9.85. The minimum absolute atomic E-state index is 0.228. The van der Waals surface area contributed by atoms with Gasteiger partial charge in [0.1, 0.15) is 0 Å². The molecule has 0 radical (unpaired) electrons. The number of rotatable bonds is 5. The van der Waals surface area contributed by atoms with E-state index in [4.69, 9.17) is 4.74 Å². The Morgan fingerprint density at radius 1 is 1.33 bits per heavy atom. The summed E-state index contributed by atoms with van der Waals surface area (Å²) in [5.74, 6) is 2.58. The van der Waals surface area contributed by atoms with Gasteiger partial charge in [0.25, 0.3) is 0 Å². The van der Waals surface area contributed by atoms with Gasteiger partial charge in [-0.2, -0.15) is 11.8 Å². The van der Waals surface area contributed by atoms with E-state index in [0.29, 0.717) is 12.1 Å². The zero-order valence-corrected chi connectivity index (χ0v) is 12.9. The summed E-state index contributed by atoms with van der Waals surface area (Å²) in [4.78, 5) is 0. The molecule has 1 N–H and O–H groups in total. The highest BCUT2D eigenvalue weighted by molar-refractivity contribution is 7.99. The van der Waals surface area contributed by atoms with Gasteiger partial charge in [0.05, 0.1) is 5.60 Å². The van der Waals surface area contributed by atoms with Crippen molar-refractivity contribution in [3.63, 3.8) is 0 Å². The normalized spacial score (nSPS) is 29.3. The van der Waals surface area contributed by atoms with Crippen LogP contribution in [0.2, 0.25) is 0 Å². The summed E-state index contributed by atoms with van der Waals surface area (Å²) < 4.78 is 6.16. The molecule has 2 aliphatic rings. The first kappa shape index (κ1) is 14.7. The van der Waals surface area contributed by atoms with E-state index in [-0.39, 0.29) is 5.60 Å². The van der Waals surface area contributed by atoms with Gasteiger partial charge in [-0.15, -0.1) is 0 Å². The maximum Gasteiger partial charge on any atom is 0.0713 e. The molecule has 2 rings (SSSR count). The van der Waals surface area contributed by atoms with Gasteiger partial charge >= 0.3 is 0 Å². The minimum Gasteiger partial charge on any atom is -0.375 e. The molecule has 0 bridgehead atoms. The van der Waals surface area contributed by atoms with Gasteiger partial charge in [0, 0.05) is 18.7 Å². The van der Waals surface area contributed by atoms with Crippen molar-refractivity contribution in [1.82, 2.24) is 5.32 Å². The van der Waals surface area contributed by atoms with E-state index in [1.165, 1.54) is 56.5 Å². The average molecular weight is 271 g/mol. The number of hydrogen-bond acceptors (Lipinski definition) is 3. The fraction of sp³-hybridized carbons (Fsp3) is 1.00.